The van der Waals surface area contributed by atoms with Crippen LogP contribution in [-0.2, 0) is 11.5 Å². The van der Waals surface area contributed by atoms with E-state index in [1.54, 1.807) is 0 Å². The Morgan fingerprint density at radius 1 is 1.27 bits per heavy atom. The topological polar surface area (TPSA) is 19.9 Å². The molecule has 0 heterocycles. The predicted octanol–water partition coefficient (Wildman–Crippen LogP) is 2.30. The van der Waals surface area contributed by atoms with Gasteiger partial charge in [0.05, 0.1) is 6.61 Å². The fraction of sp³-hybridized carbons (Fsp3) is 0.400. The first-order valence-electron chi connectivity index (χ1n) is 3.95. The van der Waals surface area contributed by atoms with Crippen LogP contribution in [0.15, 0.2) is 30.3 Å². The highest BCUT2D eigenvalue weighted by molar-refractivity contribution is 5.14. The van der Waals surface area contributed by atoms with Crippen molar-refractivity contribution in [3.8, 4) is 0 Å². The first-order valence-corrected chi connectivity index (χ1v) is 3.95. The minimum atomic E-state index is 0.0227. The molecule has 0 aliphatic heterocycles. The summed E-state index contributed by atoms with van der Waals surface area (Å²) in [5.74, 6) is 0.261. The Balaban J connectivity index is 2.51. The summed E-state index contributed by atoms with van der Waals surface area (Å²) in [4.78, 5) is 0. The van der Waals surface area contributed by atoms with Gasteiger partial charge in [-0.15, -0.1) is 0 Å². The lowest BCUT2D eigenvalue weighted by Crippen LogP contribution is -2.02. The Hall–Kier alpha value is -0.820. The van der Waals surface area contributed by atoms with E-state index in [0.29, 0.717) is 0 Å². The van der Waals surface area contributed by atoms with Gasteiger partial charge in [0.25, 0.3) is 0 Å². The van der Waals surface area contributed by atoms with E-state index in [4.69, 9.17) is 0 Å². The molecule has 0 aliphatic rings. The summed E-state index contributed by atoms with van der Waals surface area (Å²) < 4.78 is 0. The molecule has 0 aromatic heterocycles. The molecule has 0 saturated heterocycles. The molecule has 0 spiro atoms. The van der Waals surface area contributed by atoms with Crippen molar-refractivity contribution in [2.24, 2.45) is 5.92 Å². The van der Waals surface area contributed by atoms with Gasteiger partial charge in [0.2, 0.25) is 0 Å². The third-order valence-electron chi connectivity index (χ3n) is 1.71. The summed E-state index contributed by atoms with van der Waals surface area (Å²) in [5, 5.41) is 10.4. The lowest BCUT2D eigenvalue weighted by atomic mass is 10.0. The van der Waals surface area contributed by atoms with Gasteiger partial charge < -0.3 is 0 Å². The fourth-order valence-corrected chi connectivity index (χ4v) is 1.08. The van der Waals surface area contributed by atoms with Gasteiger partial charge in [-0.05, 0) is 17.9 Å². The van der Waals surface area contributed by atoms with Gasteiger partial charge in [-0.3, -0.25) is 0 Å². The average Bonchev–Trinajstić information content (AvgIpc) is 2.06. The van der Waals surface area contributed by atoms with E-state index < -0.39 is 0 Å². The zero-order valence-corrected chi connectivity index (χ0v) is 6.79. The number of rotatable bonds is 3. The zero-order valence-electron chi connectivity index (χ0n) is 6.79. The molecule has 1 heteroatoms. The maximum atomic E-state index is 10.4. The van der Waals surface area contributed by atoms with Crippen LogP contribution >= 0.6 is 0 Å². The minimum Gasteiger partial charge on any atom is -0.236 e. The minimum absolute atomic E-state index is 0.0227. The highest BCUT2D eigenvalue weighted by Gasteiger charge is 2.00. The van der Waals surface area contributed by atoms with E-state index in [2.05, 4.69) is 12.1 Å². The number of hydrogen-bond acceptors (Lipinski definition) is 0. The number of hydrogen-bond donors (Lipinski definition) is 0. The maximum Gasteiger partial charge on any atom is 0.0851 e. The Kier molecular flexibility index (Phi) is 3.12. The molecular formula is C10H13O. The average molecular weight is 149 g/mol. The van der Waals surface area contributed by atoms with Crippen LogP contribution in [0.2, 0.25) is 0 Å². The molecule has 11 heavy (non-hydrogen) atoms. The molecule has 1 radical (unpaired) electrons. The van der Waals surface area contributed by atoms with Gasteiger partial charge in [-0.2, -0.15) is 0 Å². The van der Waals surface area contributed by atoms with Crippen molar-refractivity contribution in [3.05, 3.63) is 35.9 Å². The fourth-order valence-electron chi connectivity index (χ4n) is 1.08. The maximum absolute atomic E-state index is 10.4. The molecule has 0 saturated carbocycles. The Bertz CT molecular complexity index is 193. The van der Waals surface area contributed by atoms with Crippen molar-refractivity contribution in [2.75, 3.05) is 6.61 Å². The molecule has 0 amide bonds. The second-order valence-electron chi connectivity index (χ2n) is 2.96. The van der Waals surface area contributed by atoms with Gasteiger partial charge in [0, 0.05) is 0 Å². The van der Waals surface area contributed by atoms with Crippen molar-refractivity contribution in [2.45, 2.75) is 13.3 Å². The number of benzene rings is 1. The standard InChI is InChI=1S/C10H13O/c1-9(8-11)7-10-5-3-2-4-6-10/h2-6,9H,7-8H2,1H3. The smallest absolute Gasteiger partial charge is 0.0851 e. The molecular weight excluding hydrogens is 136 g/mol. The van der Waals surface area contributed by atoms with E-state index in [1.165, 1.54) is 5.56 Å². The van der Waals surface area contributed by atoms with Crippen LogP contribution in [0.3, 0.4) is 0 Å². The summed E-state index contributed by atoms with van der Waals surface area (Å²) in [6, 6.07) is 10.1. The first kappa shape index (κ1) is 8.28. The van der Waals surface area contributed by atoms with Crippen molar-refractivity contribution in [1.82, 2.24) is 0 Å². The van der Waals surface area contributed by atoms with E-state index in [-0.39, 0.29) is 12.5 Å². The first-order chi connectivity index (χ1) is 5.33. The normalized spacial score (nSPS) is 12.9. The molecule has 0 bridgehead atoms. The van der Waals surface area contributed by atoms with Crippen LogP contribution in [0.25, 0.3) is 0 Å². The van der Waals surface area contributed by atoms with E-state index >= 15 is 0 Å². The van der Waals surface area contributed by atoms with Gasteiger partial charge in [0.15, 0.2) is 0 Å². The molecule has 0 N–H and O–H groups in total. The lowest BCUT2D eigenvalue weighted by molar-refractivity contribution is 0.151. The molecule has 0 fully saturated rings. The summed E-state index contributed by atoms with van der Waals surface area (Å²) in [6.45, 7) is 2.01. The van der Waals surface area contributed by atoms with Gasteiger partial charge in [-0.25, -0.2) is 5.11 Å². The van der Waals surface area contributed by atoms with Gasteiger partial charge in [0.1, 0.15) is 0 Å². The zero-order chi connectivity index (χ0) is 8.10. The van der Waals surface area contributed by atoms with E-state index in [0.717, 1.165) is 6.42 Å². The Morgan fingerprint density at radius 2 is 1.91 bits per heavy atom. The third kappa shape index (κ3) is 2.72. The van der Waals surface area contributed by atoms with Crippen molar-refractivity contribution >= 4 is 0 Å². The molecule has 0 aliphatic carbocycles. The van der Waals surface area contributed by atoms with Gasteiger partial charge in [-0.1, -0.05) is 37.3 Å². The second-order valence-corrected chi connectivity index (χ2v) is 2.96. The predicted molar refractivity (Wildman–Crippen MR) is 44.9 cm³/mol. The summed E-state index contributed by atoms with van der Waals surface area (Å²) >= 11 is 0. The third-order valence-corrected chi connectivity index (χ3v) is 1.71. The van der Waals surface area contributed by atoms with E-state index in [1.807, 2.05) is 25.1 Å². The SMILES string of the molecule is CC(C[O])Cc1ccccc1. The van der Waals surface area contributed by atoms with Crippen molar-refractivity contribution < 1.29 is 5.11 Å². The second kappa shape index (κ2) is 4.14. The molecule has 1 aromatic carbocycles. The van der Waals surface area contributed by atoms with Crippen LogP contribution in [0.4, 0.5) is 0 Å². The molecule has 1 aromatic rings. The quantitative estimate of drug-likeness (QED) is 0.628. The van der Waals surface area contributed by atoms with Crippen molar-refractivity contribution in [1.29, 1.82) is 0 Å². The van der Waals surface area contributed by atoms with Crippen LogP contribution < -0.4 is 0 Å². The van der Waals surface area contributed by atoms with Crippen LogP contribution in [0.1, 0.15) is 12.5 Å². The Labute approximate surface area is 67.7 Å². The molecule has 1 nitrogen and oxygen atoms in total. The van der Waals surface area contributed by atoms with Crippen LogP contribution in [-0.4, -0.2) is 6.61 Å². The highest BCUT2D eigenvalue weighted by atomic mass is 16.3. The molecule has 59 valence electrons. The van der Waals surface area contributed by atoms with Crippen molar-refractivity contribution in [3.63, 3.8) is 0 Å². The Morgan fingerprint density at radius 3 is 2.45 bits per heavy atom. The molecule has 1 atom stereocenters. The highest BCUT2D eigenvalue weighted by Crippen LogP contribution is 2.06. The largest absolute Gasteiger partial charge is 0.236 e. The monoisotopic (exact) mass is 149 g/mol. The molecule has 1 rings (SSSR count). The molecule has 1 unspecified atom stereocenters. The van der Waals surface area contributed by atoms with E-state index in [9.17, 15) is 5.11 Å². The van der Waals surface area contributed by atoms with Gasteiger partial charge >= 0.3 is 0 Å². The lowest BCUT2D eigenvalue weighted by Gasteiger charge is -2.05. The summed E-state index contributed by atoms with van der Waals surface area (Å²) in [6.07, 6.45) is 0.907. The summed E-state index contributed by atoms with van der Waals surface area (Å²) in [7, 11) is 0. The van der Waals surface area contributed by atoms with Crippen LogP contribution in [0, 0.1) is 5.92 Å². The van der Waals surface area contributed by atoms with Crippen LogP contribution in [0.5, 0.6) is 0 Å². The summed E-state index contributed by atoms with van der Waals surface area (Å²) in [5.41, 5.74) is 1.26.